The monoisotopic (exact) mass is 313 g/mol. The smallest absolute Gasteiger partial charge is 0.140 e. The van der Waals surface area contributed by atoms with Gasteiger partial charge in [-0.15, -0.1) is 11.3 Å². The topological polar surface area (TPSA) is 42.4 Å². The molecule has 5 heteroatoms. The molecule has 0 radical (unpaired) electrons. The number of hydrogen-bond acceptors (Lipinski definition) is 4. The lowest BCUT2D eigenvalue weighted by Crippen LogP contribution is -1.98. The van der Waals surface area contributed by atoms with E-state index in [1.165, 1.54) is 0 Å². The fraction of sp³-hybridized carbons (Fsp3) is 0.250. The lowest BCUT2D eigenvalue weighted by molar-refractivity contribution is 0.258. The average molecular weight is 314 g/mol. The number of thiazole rings is 1. The third-order valence-electron chi connectivity index (χ3n) is 2.21. The molecule has 0 spiro atoms. The summed E-state index contributed by atoms with van der Waals surface area (Å²) in [6.45, 7) is 2.36. The summed E-state index contributed by atoms with van der Waals surface area (Å²) in [6.07, 6.45) is 0. The van der Waals surface area contributed by atoms with Gasteiger partial charge in [0, 0.05) is 21.1 Å². The number of halogens is 1. The standard InChI is InChI=1S/C12H12BrNO2S/c1-8-7-17-12(14-8)6-16-11-3-2-10(13)4-9(11)5-15/h2-4,7,15H,5-6H2,1H3. The van der Waals surface area contributed by atoms with E-state index in [-0.39, 0.29) is 6.61 Å². The Balaban J connectivity index is 2.08. The normalized spacial score (nSPS) is 10.5. The number of ether oxygens (including phenoxy) is 1. The van der Waals surface area contributed by atoms with Crippen LogP contribution in [-0.2, 0) is 13.2 Å². The first kappa shape index (κ1) is 12.5. The van der Waals surface area contributed by atoms with E-state index in [0.717, 1.165) is 20.7 Å². The van der Waals surface area contributed by atoms with Crippen molar-refractivity contribution >= 4 is 27.3 Å². The van der Waals surface area contributed by atoms with Crippen LogP contribution < -0.4 is 4.74 Å². The summed E-state index contributed by atoms with van der Waals surface area (Å²) in [5.74, 6) is 0.698. The number of aliphatic hydroxyl groups excluding tert-OH is 1. The molecule has 0 amide bonds. The minimum atomic E-state index is -0.0360. The molecular weight excluding hydrogens is 302 g/mol. The summed E-state index contributed by atoms with van der Waals surface area (Å²) in [6, 6.07) is 5.58. The molecule has 0 fully saturated rings. The van der Waals surface area contributed by atoms with Gasteiger partial charge in [0.2, 0.25) is 0 Å². The van der Waals surface area contributed by atoms with Crippen LogP contribution in [0.15, 0.2) is 28.1 Å². The molecule has 3 nitrogen and oxygen atoms in total. The highest BCUT2D eigenvalue weighted by Crippen LogP contribution is 2.24. The number of aromatic nitrogens is 1. The van der Waals surface area contributed by atoms with Gasteiger partial charge in [-0.3, -0.25) is 0 Å². The van der Waals surface area contributed by atoms with Gasteiger partial charge in [-0.1, -0.05) is 15.9 Å². The van der Waals surface area contributed by atoms with E-state index in [0.29, 0.717) is 12.4 Å². The van der Waals surface area contributed by atoms with Crippen molar-refractivity contribution in [1.82, 2.24) is 4.98 Å². The summed E-state index contributed by atoms with van der Waals surface area (Å²) in [5.41, 5.74) is 1.78. The summed E-state index contributed by atoms with van der Waals surface area (Å²) < 4.78 is 6.58. The van der Waals surface area contributed by atoms with Crippen molar-refractivity contribution in [3.63, 3.8) is 0 Å². The lowest BCUT2D eigenvalue weighted by Gasteiger charge is -2.09. The van der Waals surface area contributed by atoms with Crippen LogP contribution in [0.4, 0.5) is 0 Å². The summed E-state index contributed by atoms with van der Waals surface area (Å²) in [4.78, 5) is 4.32. The van der Waals surface area contributed by atoms with Crippen molar-refractivity contribution in [3.05, 3.63) is 44.3 Å². The van der Waals surface area contributed by atoms with Gasteiger partial charge < -0.3 is 9.84 Å². The molecule has 17 heavy (non-hydrogen) atoms. The molecule has 0 unspecified atom stereocenters. The zero-order valence-electron chi connectivity index (χ0n) is 9.31. The van der Waals surface area contributed by atoms with Crippen LogP contribution in [0.25, 0.3) is 0 Å². The van der Waals surface area contributed by atoms with Crippen molar-refractivity contribution in [1.29, 1.82) is 0 Å². The van der Waals surface area contributed by atoms with E-state index < -0.39 is 0 Å². The number of aliphatic hydroxyl groups is 1. The lowest BCUT2D eigenvalue weighted by atomic mass is 10.2. The molecule has 1 heterocycles. The van der Waals surface area contributed by atoms with Gasteiger partial charge in [-0.05, 0) is 25.1 Å². The Kier molecular flexibility index (Phi) is 4.15. The maximum Gasteiger partial charge on any atom is 0.140 e. The van der Waals surface area contributed by atoms with E-state index in [2.05, 4.69) is 20.9 Å². The van der Waals surface area contributed by atoms with E-state index in [9.17, 15) is 5.11 Å². The SMILES string of the molecule is Cc1csc(COc2ccc(Br)cc2CO)n1. The number of rotatable bonds is 4. The second-order valence-electron chi connectivity index (χ2n) is 3.58. The van der Waals surface area contributed by atoms with Crippen LogP contribution in [0.1, 0.15) is 16.3 Å². The summed E-state index contributed by atoms with van der Waals surface area (Å²) in [5, 5.41) is 12.2. The molecule has 0 aliphatic carbocycles. The van der Waals surface area contributed by atoms with Crippen molar-refractivity contribution in [2.45, 2.75) is 20.1 Å². The first-order valence-electron chi connectivity index (χ1n) is 5.12. The third kappa shape index (κ3) is 3.28. The maximum absolute atomic E-state index is 9.23. The molecule has 1 N–H and O–H groups in total. The Morgan fingerprint density at radius 1 is 1.47 bits per heavy atom. The summed E-state index contributed by atoms with van der Waals surface area (Å²) in [7, 11) is 0. The number of benzene rings is 1. The first-order valence-corrected chi connectivity index (χ1v) is 6.79. The summed E-state index contributed by atoms with van der Waals surface area (Å²) >= 11 is 4.94. The van der Waals surface area contributed by atoms with Gasteiger partial charge in [0.25, 0.3) is 0 Å². The molecule has 0 saturated carbocycles. The molecule has 0 atom stereocenters. The van der Waals surface area contributed by atoms with Gasteiger partial charge in [0.1, 0.15) is 17.4 Å². The molecule has 1 aromatic heterocycles. The Morgan fingerprint density at radius 2 is 2.29 bits per heavy atom. The Labute approximate surface area is 112 Å². The fourth-order valence-corrected chi connectivity index (χ4v) is 2.51. The predicted octanol–water partition coefficient (Wildman–Crippen LogP) is 3.29. The van der Waals surface area contributed by atoms with Crippen molar-refractivity contribution in [2.24, 2.45) is 0 Å². The van der Waals surface area contributed by atoms with Gasteiger partial charge in [-0.25, -0.2) is 4.98 Å². The third-order valence-corrected chi connectivity index (χ3v) is 3.64. The second kappa shape index (κ2) is 5.62. The quantitative estimate of drug-likeness (QED) is 0.942. The minimum absolute atomic E-state index is 0.0360. The average Bonchev–Trinajstić information content (AvgIpc) is 2.73. The molecule has 0 aliphatic rings. The van der Waals surface area contributed by atoms with Crippen LogP contribution in [0.5, 0.6) is 5.75 Å². The van der Waals surface area contributed by atoms with E-state index in [4.69, 9.17) is 4.74 Å². The highest BCUT2D eigenvalue weighted by Gasteiger charge is 2.05. The van der Waals surface area contributed by atoms with Gasteiger partial charge in [-0.2, -0.15) is 0 Å². The van der Waals surface area contributed by atoms with Crippen molar-refractivity contribution in [2.75, 3.05) is 0 Å². The number of aryl methyl sites for hydroxylation is 1. The zero-order chi connectivity index (χ0) is 12.3. The van der Waals surface area contributed by atoms with E-state index in [1.807, 2.05) is 30.5 Å². The second-order valence-corrected chi connectivity index (χ2v) is 5.44. The van der Waals surface area contributed by atoms with Crippen LogP contribution >= 0.6 is 27.3 Å². The van der Waals surface area contributed by atoms with E-state index >= 15 is 0 Å². The number of hydrogen-bond donors (Lipinski definition) is 1. The maximum atomic E-state index is 9.23. The molecular formula is C12H12BrNO2S. The van der Waals surface area contributed by atoms with E-state index in [1.54, 1.807) is 11.3 Å². The zero-order valence-corrected chi connectivity index (χ0v) is 11.7. The largest absolute Gasteiger partial charge is 0.486 e. The highest BCUT2D eigenvalue weighted by molar-refractivity contribution is 9.10. The van der Waals surface area contributed by atoms with Gasteiger partial charge >= 0.3 is 0 Å². The molecule has 90 valence electrons. The van der Waals surface area contributed by atoms with Crippen LogP contribution in [0, 0.1) is 6.92 Å². The van der Waals surface area contributed by atoms with Crippen LogP contribution in [-0.4, -0.2) is 10.1 Å². The van der Waals surface area contributed by atoms with Gasteiger partial charge in [0.15, 0.2) is 0 Å². The van der Waals surface area contributed by atoms with Crippen molar-refractivity contribution < 1.29 is 9.84 Å². The minimum Gasteiger partial charge on any atom is -0.486 e. The molecule has 0 aliphatic heterocycles. The predicted molar refractivity (Wildman–Crippen MR) is 71.2 cm³/mol. The highest BCUT2D eigenvalue weighted by atomic mass is 79.9. The molecule has 2 rings (SSSR count). The number of nitrogens with zero attached hydrogens (tertiary/aromatic N) is 1. The van der Waals surface area contributed by atoms with Crippen LogP contribution in [0.3, 0.4) is 0 Å². The Morgan fingerprint density at radius 3 is 2.94 bits per heavy atom. The molecule has 0 saturated heterocycles. The molecule has 1 aromatic carbocycles. The molecule has 0 bridgehead atoms. The van der Waals surface area contributed by atoms with Crippen LogP contribution in [0.2, 0.25) is 0 Å². The van der Waals surface area contributed by atoms with Crippen molar-refractivity contribution in [3.8, 4) is 5.75 Å². The first-order chi connectivity index (χ1) is 8.19. The molecule has 2 aromatic rings. The fourth-order valence-electron chi connectivity index (χ4n) is 1.42. The Bertz CT molecular complexity index is 513. The van der Waals surface area contributed by atoms with Gasteiger partial charge in [0.05, 0.1) is 6.61 Å². The Hall–Kier alpha value is -0.910.